The van der Waals surface area contributed by atoms with Crippen LogP contribution in [0.25, 0.3) is 0 Å². The quantitative estimate of drug-likeness (QED) is 0.798. The molecule has 0 heterocycles. The molecule has 0 fully saturated rings. The molecule has 2 rings (SSSR count). The minimum absolute atomic E-state index is 0.374. The summed E-state index contributed by atoms with van der Waals surface area (Å²) in [6.45, 7) is 1.07. The summed E-state index contributed by atoms with van der Waals surface area (Å²) < 4.78 is 53.1. The number of hydrogen-bond acceptors (Lipinski definition) is 3. The van der Waals surface area contributed by atoms with Gasteiger partial charge in [-0.25, -0.2) is 21.9 Å². The Morgan fingerprint density at radius 3 is 2.44 bits per heavy atom. The molecule has 0 saturated carbocycles. The SMILES string of the molecule is Cc1ccc(Cl)cc1CS(=O)(=O)NCC(=O)Nc1c(F)cccc1F. The van der Waals surface area contributed by atoms with Gasteiger partial charge in [0.15, 0.2) is 0 Å². The summed E-state index contributed by atoms with van der Waals surface area (Å²) in [4.78, 5) is 11.7. The number of benzene rings is 2. The van der Waals surface area contributed by atoms with E-state index in [0.29, 0.717) is 10.6 Å². The van der Waals surface area contributed by atoms with Crippen LogP contribution in [0, 0.1) is 18.6 Å². The Labute approximate surface area is 149 Å². The number of amides is 1. The molecular weight excluding hydrogens is 374 g/mol. The van der Waals surface area contributed by atoms with Gasteiger partial charge in [0.1, 0.15) is 17.3 Å². The molecule has 0 atom stereocenters. The number of sulfonamides is 1. The molecule has 0 spiro atoms. The predicted octanol–water partition coefficient (Wildman–Crippen LogP) is 2.98. The molecule has 0 aliphatic heterocycles. The Balaban J connectivity index is 1.99. The maximum atomic E-state index is 13.4. The highest BCUT2D eigenvalue weighted by molar-refractivity contribution is 7.88. The van der Waals surface area contributed by atoms with Crippen LogP contribution in [0.4, 0.5) is 14.5 Å². The summed E-state index contributed by atoms with van der Waals surface area (Å²) in [6.07, 6.45) is 0. The fraction of sp³-hybridized carbons (Fsp3) is 0.188. The van der Waals surface area contributed by atoms with Crippen LogP contribution in [-0.2, 0) is 20.6 Å². The Morgan fingerprint density at radius 2 is 1.80 bits per heavy atom. The van der Waals surface area contributed by atoms with Crippen molar-refractivity contribution in [3.05, 3.63) is 64.2 Å². The van der Waals surface area contributed by atoms with E-state index in [9.17, 15) is 22.0 Å². The zero-order valence-electron chi connectivity index (χ0n) is 13.1. The van der Waals surface area contributed by atoms with Crippen molar-refractivity contribution in [1.29, 1.82) is 0 Å². The summed E-state index contributed by atoms with van der Waals surface area (Å²) in [7, 11) is -3.84. The number of halogens is 3. The highest BCUT2D eigenvalue weighted by atomic mass is 35.5. The first-order chi connectivity index (χ1) is 11.7. The van der Waals surface area contributed by atoms with Gasteiger partial charge in [-0.1, -0.05) is 23.7 Å². The standard InChI is InChI=1S/C16H15ClF2N2O3S/c1-10-5-6-12(17)7-11(10)9-25(23,24)20-8-15(22)21-16-13(18)3-2-4-14(16)19/h2-7,20H,8-9H2,1H3,(H,21,22). The lowest BCUT2D eigenvalue weighted by atomic mass is 10.1. The van der Waals surface area contributed by atoms with Crippen molar-refractivity contribution in [3.8, 4) is 0 Å². The van der Waals surface area contributed by atoms with Crippen molar-refractivity contribution in [2.24, 2.45) is 0 Å². The van der Waals surface area contributed by atoms with Crippen molar-refractivity contribution in [3.63, 3.8) is 0 Å². The first kappa shape index (κ1) is 19.3. The van der Waals surface area contributed by atoms with Crippen LogP contribution in [0.3, 0.4) is 0 Å². The summed E-state index contributed by atoms with van der Waals surface area (Å²) in [5.41, 5.74) is 0.589. The molecule has 2 N–H and O–H groups in total. The third-order valence-corrected chi connectivity index (χ3v) is 4.85. The number of rotatable bonds is 6. The van der Waals surface area contributed by atoms with Crippen molar-refractivity contribution in [2.75, 3.05) is 11.9 Å². The number of anilines is 1. The van der Waals surface area contributed by atoms with Gasteiger partial charge in [0, 0.05) is 5.02 Å². The molecule has 0 aliphatic rings. The molecule has 5 nitrogen and oxygen atoms in total. The van der Waals surface area contributed by atoms with Crippen LogP contribution in [0.15, 0.2) is 36.4 Å². The van der Waals surface area contributed by atoms with Crippen molar-refractivity contribution in [1.82, 2.24) is 4.72 Å². The normalized spacial score (nSPS) is 11.4. The van der Waals surface area contributed by atoms with E-state index in [0.717, 1.165) is 23.8 Å². The number of para-hydroxylation sites is 1. The second kappa shape index (κ2) is 7.90. The van der Waals surface area contributed by atoms with Crippen LogP contribution >= 0.6 is 11.6 Å². The van der Waals surface area contributed by atoms with Gasteiger partial charge >= 0.3 is 0 Å². The maximum absolute atomic E-state index is 13.4. The first-order valence-corrected chi connectivity index (χ1v) is 9.17. The Hall–Kier alpha value is -2.03. The van der Waals surface area contributed by atoms with E-state index in [4.69, 9.17) is 11.6 Å². The van der Waals surface area contributed by atoms with Gasteiger partial charge in [0.05, 0.1) is 12.3 Å². The highest BCUT2D eigenvalue weighted by Gasteiger charge is 2.17. The predicted molar refractivity (Wildman–Crippen MR) is 91.8 cm³/mol. The second-order valence-electron chi connectivity index (χ2n) is 5.30. The molecule has 0 aliphatic carbocycles. The Morgan fingerprint density at radius 1 is 1.16 bits per heavy atom. The third-order valence-electron chi connectivity index (χ3n) is 3.34. The highest BCUT2D eigenvalue weighted by Crippen LogP contribution is 2.18. The number of aryl methyl sites for hydroxylation is 1. The number of nitrogens with one attached hydrogen (secondary N) is 2. The molecule has 25 heavy (non-hydrogen) atoms. The first-order valence-electron chi connectivity index (χ1n) is 7.14. The van der Waals surface area contributed by atoms with Gasteiger partial charge in [-0.2, -0.15) is 0 Å². The minimum atomic E-state index is -3.84. The molecule has 134 valence electrons. The number of hydrogen-bond donors (Lipinski definition) is 2. The molecule has 0 radical (unpaired) electrons. The van der Waals surface area contributed by atoms with Crippen LogP contribution in [0.1, 0.15) is 11.1 Å². The zero-order chi connectivity index (χ0) is 18.6. The van der Waals surface area contributed by atoms with E-state index < -0.39 is 39.8 Å². The van der Waals surface area contributed by atoms with E-state index in [1.807, 2.05) is 5.32 Å². The average Bonchev–Trinajstić information content (AvgIpc) is 2.52. The molecule has 2 aromatic carbocycles. The largest absolute Gasteiger partial charge is 0.320 e. The molecule has 0 saturated heterocycles. The lowest BCUT2D eigenvalue weighted by Gasteiger charge is -2.10. The van der Waals surface area contributed by atoms with Crippen LogP contribution in [0.5, 0.6) is 0 Å². The molecule has 0 unspecified atom stereocenters. The maximum Gasteiger partial charge on any atom is 0.239 e. The molecule has 1 amide bonds. The van der Waals surface area contributed by atoms with Crippen molar-refractivity contribution >= 4 is 33.2 Å². The summed E-state index contributed by atoms with van der Waals surface area (Å²) in [5, 5.41) is 2.39. The van der Waals surface area contributed by atoms with Gasteiger partial charge < -0.3 is 5.32 Å². The Bertz CT molecular complexity index is 884. The van der Waals surface area contributed by atoms with Crippen LogP contribution < -0.4 is 10.0 Å². The lowest BCUT2D eigenvalue weighted by molar-refractivity contribution is -0.115. The monoisotopic (exact) mass is 388 g/mol. The smallest absolute Gasteiger partial charge is 0.239 e. The van der Waals surface area contributed by atoms with Gasteiger partial charge in [-0.3, -0.25) is 4.79 Å². The minimum Gasteiger partial charge on any atom is -0.320 e. The van der Waals surface area contributed by atoms with E-state index in [1.54, 1.807) is 19.1 Å². The molecular formula is C16H15ClF2N2O3S. The summed E-state index contributed by atoms with van der Waals surface area (Å²) in [6, 6.07) is 7.94. The van der Waals surface area contributed by atoms with E-state index in [2.05, 4.69) is 4.72 Å². The molecule has 0 bridgehead atoms. The van der Waals surface area contributed by atoms with Gasteiger partial charge in [-0.15, -0.1) is 0 Å². The van der Waals surface area contributed by atoms with Gasteiger partial charge in [0.25, 0.3) is 0 Å². The summed E-state index contributed by atoms with van der Waals surface area (Å²) >= 11 is 5.84. The fourth-order valence-electron chi connectivity index (χ4n) is 2.03. The number of carbonyl (C=O) groups excluding carboxylic acids is 1. The lowest BCUT2D eigenvalue weighted by Crippen LogP contribution is -2.34. The van der Waals surface area contributed by atoms with Gasteiger partial charge in [-0.05, 0) is 42.3 Å². The van der Waals surface area contributed by atoms with E-state index in [1.165, 1.54) is 6.07 Å². The van der Waals surface area contributed by atoms with Crippen LogP contribution in [0.2, 0.25) is 5.02 Å². The average molecular weight is 389 g/mol. The molecule has 9 heteroatoms. The Kier molecular flexibility index (Phi) is 6.10. The summed E-state index contributed by atoms with van der Waals surface area (Å²) in [5.74, 6) is -3.17. The van der Waals surface area contributed by atoms with Crippen molar-refractivity contribution in [2.45, 2.75) is 12.7 Å². The van der Waals surface area contributed by atoms with E-state index >= 15 is 0 Å². The van der Waals surface area contributed by atoms with E-state index in [-0.39, 0.29) is 5.75 Å². The second-order valence-corrected chi connectivity index (χ2v) is 7.54. The molecule has 0 aromatic heterocycles. The van der Waals surface area contributed by atoms with Gasteiger partial charge in [0.2, 0.25) is 15.9 Å². The topological polar surface area (TPSA) is 75.3 Å². The fourth-order valence-corrected chi connectivity index (χ4v) is 3.40. The number of carbonyl (C=O) groups is 1. The molecule has 2 aromatic rings. The zero-order valence-corrected chi connectivity index (χ0v) is 14.7. The third kappa shape index (κ3) is 5.48. The van der Waals surface area contributed by atoms with Crippen molar-refractivity contribution < 1.29 is 22.0 Å². The van der Waals surface area contributed by atoms with Crippen LogP contribution in [-0.4, -0.2) is 20.9 Å².